The summed E-state index contributed by atoms with van der Waals surface area (Å²) >= 11 is 3.57. The third-order valence-electron chi connectivity index (χ3n) is 5.43. The molecule has 10 heteroatoms. The lowest BCUT2D eigenvalue weighted by molar-refractivity contribution is 0.0778. The van der Waals surface area contributed by atoms with Gasteiger partial charge in [-0.15, -0.1) is 0 Å². The number of aromatic nitrogens is 7. The van der Waals surface area contributed by atoms with Crippen molar-refractivity contribution < 1.29 is 4.79 Å². The van der Waals surface area contributed by atoms with Crippen LogP contribution in [0.4, 0.5) is 0 Å². The molecule has 4 aromatic heterocycles. The van der Waals surface area contributed by atoms with E-state index in [0.29, 0.717) is 17.9 Å². The molecule has 0 spiro atoms. The highest BCUT2D eigenvalue weighted by Gasteiger charge is 2.21. The van der Waals surface area contributed by atoms with E-state index < -0.39 is 0 Å². The van der Waals surface area contributed by atoms with Crippen LogP contribution in [-0.4, -0.2) is 52.0 Å². The summed E-state index contributed by atoms with van der Waals surface area (Å²) < 4.78 is 6.33. The molecule has 0 saturated heterocycles. The Hall–Kier alpha value is -3.01. The normalized spacial score (nSPS) is 11.4. The Bertz CT molecular complexity index is 1270. The molecule has 4 aromatic rings. The molecule has 4 rings (SSSR count). The number of hydrogen-bond donors (Lipinski definition) is 0. The van der Waals surface area contributed by atoms with Gasteiger partial charge in [-0.1, -0.05) is 0 Å². The van der Waals surface area contributed by atoms with Crippen molar-refractivity contribution in [3.8, 4) is 11.4 Å². The molecule has 0 saturated carbocycles. The molecule has 0 aliphatic carbocycles. The molecular weight excluding hydrogens is 460 g/mol. The van der Waals surface area contributed by atoms with E-state index in [4.69, 9.17) is 0 Å². The van der Waals surface area contributed by atoms with Crippen molar-refractivity contribution in [2.24, 2.45) is 0 Å². The van der Waals surface area contributed by atoms with E-state index in [1.165, 1.54) is 0 Å². The first kappa shape index (κ1) is 21.2. The summed E-state index contributed by atoms with van der Waals surface area (Å²) in [4.78, 5) is 19.2. The SMILES string of the molecule is CCn1cc(Br)c(-c2ccnc3cc(C(=O)N(C)Cc4c(C)nn(CC)c4C)nn23)n1. The first-order chi connectivity index (χ1) is 14.8. The van der Waals surface area contributed by atoms with Crippen molar-refractivity contribution in [1.29, 1.82) is 0 Å². The van der Waals surface area contributed by atoms with Crippen molar-refractivity contribution >= 4 is 27.5 Å². The van der Waals surface area contributed by atoms with Crippen molar-refractivity contribution in [3.05, 3.63) is 51.6 Å². The predicted molar refractivity (Wildman–Crippen MR) is 121 cm³/mol. The summed E-state index contributed by atoms with van der Waals surface area (Å²) in [6.07, 6.45) is 3.62. The quantitative estimate of drug-likeness (QED) is 0.418. The third kappa shape index (κ3) is 3.76. The second-order valence-electron chi connectivity index (χ2n) is 7.44. The average molecular weight is 485 g/mol. The molecule has 0 atom stereocenters. The van der Waals surface area contributed by atoms with Crippen LogP contribution in [0.15, 0.2) is 29.0 Å². The largest absolute Gasteiger partial charge is 0.336 e. The Kier molecular flexibility index (Phi) is 5.65. The summed E-state index contributed by atoms with van der Waals surface area (Å²) in [6, 6.07) is 3.55. The Morgan fingerprint density at radius 2 is 1.94 bits per heavy atom. The second kappa shape index (κ2) is 8.26. The first-order valence-corrected chi connectivity index (χ1v) is 11.0. The smallest absolute Gasteiger partial charge is 0.274 e. The molecule has 0 bridgehead atoms. The van der Waals surface area contributed by atoms with Crippen molar-refractivity contribution in [1.82, 2.24) is 39.1 Å². The number of nitrogens with zero attached hydrogens (tertiary/aromatic N) is 8. The summed E-state index contributed by atoms with van der Waals surface area (Å²) in [5.41, 5.74) is 5.54. The highest BCUT2D eigenvalue weighted by molar-refractivity contribution is 9.10. The van der Waals surface area contributed by atoms with Crippen molar-refractivity contribution in [2.75, 3.05) is 7.05 Å². The van der Waals surface area contributed by atoms with Gasteiger partial charge in [0.05, 0.1) is 15.9 Å². The van der Waals surface area contributed by atoms with Gasteiger partial charge in [-0.3, -0.25) is 14.2 Å². The molecule has 0 aliphatic heterocycles. The third-order valence-corrected chi connectivity index (χ3v) is 6.01. The Balaban J connectivity index is 1.66. The predicted octanol–water partition coefficient (Wildman–Crippen LogP) is 3.48. The van der Waals surface area contributed by atoms with Crippen LogP contribution in [0.25, 0.3) is 17.0 Å². The Labute approximate surface area is 188 Å². The van der Waals surface area contributed by atoms with Gasteiger partial charge < -0.3 is 4.90 Å². The van der Waals surface area contributed by atoms with Crippen LogP contribution in [-0.2, 0) is 19.6 Å². The highest BCUT2D eigenvalue weighted by Crippen LogP contribution is 2.27. The minimum absolute atomic E-state index is 0.169. The Morgan fingerprint density at radius 1 is 1.16 bits per heavy atom. The van der Waals surface area contributed by atoms with Crippen molar-refractivity contribution in [3.63, 3.8) is 0 Å². The number of carbonyl (C=O) groups excluding carboxylic acids is 1. The lowest BCUT2D eigenvalue weighted by Crippen LogP contribution is -2.27. The standard InChI is InChI=1S/C21H25BrN8O/c1-6-28-12-16(22)20(26-28)18-8-9-23-19-10-17(25-30(18)19)21(31)27(5)11-15-13(3)24-29(7-2)14(15)4/h8-10,12H,6-7,11H2,1-5H3. The minimum Gasteiger partial charge on any atom is -0.336 e. The van der Waals surface area contributed by atoms with Gasteiger partial charge in [0.2, 0.25) is 0 Å². The number of rotatable bonds is 6. The molecule has 0 N–H and O–H groups in total. The monoisotopic (exact) mass is 484 g/mol. The molecule has 0 unspecified atom stereocenters. The van der Waals surface area contributed by atoms with E-state index in [9.17, 15) is 4.79 Å². The topological polar surface area (TPSA) is 86.1 Å². The number of hydrogen-bond acceptors (Lipinski definition) is 5. The molecule has 0 fully saturated rings. The van der Waals surface area contributed by atoms with Gasteiger partial charge in [0.25, 0.3) is 5.91 Å². The van der Waals surface area contributed by atoms with E-state index in [2.05, 4.69) is 43.1 Å². The number of fused-ring (bicyclic) bond motifs is 1. The molecule has 1 amide bonds. The maximum atomic E-state index is 13.1. The van der Waals surface area contributed by atoms with Crippen LogP contribution in [0.5, 0.6) is 0 Å². The van der Waals surface area contributed by atoms with Gasteiger partial charge in [-0.05, 0) is 49.7 Å². The van der Waals surface area contributed by atoms with Gasteiger partial charge in [0, 0.05) is 56.4 Å². The van der Waals surface area contributed by atoms with Crippen molar-refractivity contribution in [2.45, 2.75) is 47.3 Å². The zero-order chi connectivity index (χ0) is 22.3. The van der Waals surface area contributed by atoms with E-state index in [-0.39, 0.29) is 5.91 Å². The summed E-state index contributed by atoms with van der Waals surface area (Å²) in [5, 5.41) is 13.7. The fourth-order valence-electron chi connectivity index (χ4n) is 3.69. The summed E-state index contributed by atoms with van der Waals surface area (Å²) in [7, 11) is 1.78. The first-order valence-electron chi connectivity index (χ1n) is 10.2. The van der Waals surface area contributed by atoms with Gasteiger partial charge in [-0.2, -0.15) is 15.3 Å². The fourth-order valence-corrected chi connectivity index (χ4v) is 4.21. The lowest BCUT2D eigenvalue weighted by Gasteiger charge is -2.16. The molecule has 0 radical (unpaired) electrons. The number of carbonyl (C=O) groups is 1. The molecule has 0 aromatic carbocycles. The number of amides is 1. The molecule has 162 valence electrons. The molecular formula is C21H25BrN8O. The molecule has 0 aliphatic rings. The van der Waals surface area contributed by atoms with E-state index in [0.717, 1.165) is 45.9 Å². The van der Waals surface area contributed by atoms with Crippen LogP contribution < -0.4 is 0 Å². The maximum absolute atomic E-state index is 13.1. The van der Waals surface area contributed by atoms with E-state index in [1.54, 1.807) is 28.7 Å². The van der Waals surface area contributed by atoms with Gasteiger partial charge in [0.1, 0.15) is 5.69 Å². The van der Waals surface area contributed by atoms with Gasteiger partial charge in [-0.25, -0.2) is 9.50 Å². The number of aryl methyl sites for hydroxylation is 3. The van der Waals surface area contributed by atoms with E-state index >= 15 is 0 Å². The maximum Gasteiger partial charge on any atom is 0.274 e. The van der Waals surface area contributed by atoms with Crippen LogP contribution in [0, 0.1) is 13.8 Å². The molecule has 4 heterocycles. The fraction of sp³-hybridized carbons (Fsp3) is 0.381. The Morgan fingerprint density at radius 3 is 2.58 bits per heavy atom. The zero-order valence-electron chi connectivity index (χ0n) is 18.3. The second-order valence-corrected chi connectivity index (χ2v) is 8.29. The molecule has 31 heavy (non-hydrogen) atoms. The van der Waals surface area contributed by atoms with E-state index in [1.807, 2.05) is 42.4 Å². The van der Waals surface area contributed by atoms with Gasteiger partial charge >= 0.3 is 0 Å². The molecule has 9 nitrogen and oxygen atoms in total. The zero-order valence-corrected chi connectivity index (χ0v) is 19.9. The summed E-state index contributed by atoms with van der Waals surface area (Å²) in [5.74, 6) is -0.169. The minimum atomic E-state index is -0.169. The highest BCUT2D eigenvalue weighted by atomic mass is 79.9. The van der Waals surface area contributed by atoms with Crippen LogP contribution in [0.3, 0.4) is 0 Å². The lowest BCUT2D eigenvalue weighted by atomic mass is 10.2. The summed E-state index contributed by atoms with van der Waals surface area (Å²) in [6.45, 7) is 10.1. The van der Waals surface area contributed by atoms with Crippen LogP contribution >= 0.6 is 15.9 Å². The average Bonchev–Trinajstić information content (AvgIpc) is 3.43. The number of halogens is 1. The van der Waals surface area contributed by atoms with Gasteiger partial charge in [0.15, 0.2) is 11.3 Å². The van der Waals surface area contributed by atoms with Crippen LogP contribution in [0.1, 0.15) is 41.3 Å². The van der Waals surface area contributed by atoms with Crippen LogP contribution in [0.2, 0.25) is 0 Å².